The summed E-state index contributed by atoms with van der Waals surface area (Å²) in [5, 5.41) is 2.37. The van der Waals surface area contributed by atoms with Crippen LogP contribution in [0.15, 0.2) is 158 Å². The summed E-state index contributed by atoms with van der Waals surface area (Å²) in [5.41, 5.74) is 12.0. The number of para-hydroxylation sites is 1. The fraction of sp³-hybridized carbons (Fsp3) is 0.0244. The van der Waals surface area contributed by atoms with Crippen LogP contribution in [0.3, 0.4) is 0 Å². The molecular weight excluding hydrogens is 508 g/mol. The highest BCUT2D eigenvalue weighted by atomic mass is 16.5. The van der Waals surface area contributed by atoms with Gasteiger partial charge in [-0.05, 0) is 68.1 Å². The van der Waals surface area contributed by atoms with E-state index in [-0.39, 0.29) is 0 Å². The van der Waals surface area contributed by atoms with Gasteiger partial charge in [0, 0.05) is 16.5 Å². The molecule has 1 aliphatic carbocycles. The molecule has 0 spiro atoms. The predicted octanol–water partition coefficient (Wildman–Crippen LogP) is 10.6. The maximum atomic E-state index is 6.70. The van der Waals surface area contributed by atoms with Crippen LogP contribution in [0.5, 0.6) is 11.5 Å². The Morgan fingerprint density at radius 3 is 1.83 bits per heavy atom. The Morgan fingerprint density at radius 1 is 0.405 bits per heavy atom. The first-order valence-electron chi connectivity index (χ1n) is 14.5. The smallest absolute Gasteiger partial charge is 0.143 e. The maximum absolute atomic E-state index is 6.70. The first-order valence-corrected chi connectivity index (χ1v) is 14.5. The van der Waals surface area contributed by atoms with Gasteiger partial charge in [-0.2, -0.15) is 0 Å². The molecule has 7 aromatic rings. The maximum Gasteiger partial charge on any atom is 0.143 e. The fourth-order valence-corrected chi connectivity index (χ4v) is 7.41. The highest BCUT2D eigenvalue weighted by molar-refractivity contribution is 6.07. The molecule has 0 unspecified atom stereocenters. The summed E-state index contributed by atoms with van der Waals surface area (Å²) in [6.07, 6.45) is 0. The highest BCUT2D eigenvalue weighted by Crippen LogP contribution is 2.57. The molecule has 42 heavy (non-hydrogen) atoms. The van der Waals surface area contributed by atoms with Crippen LogP contribution in [-0.4, -0.2) is 0 Å². The summed E-state index contributed by atoms with van der Waals surface area (Å²) in [5.74, 6) is 1.84. The predicted molar refractivity (Wildman–Crippen MR) is 172 cm³/mol. The third-order valence-electron chi connectivity index (χ3n) is 9.16. The number of benzene rings is 7. The van der Waals surface area contributed by atoms with Crippen LogP contribution in [-0.2, 0) is 5.41 Å². The standard InChI is InChI=1S/C41H26O/c1-3-13-29(14-4-1)41(30-15-5-2-6-16-30)36-20-9-7-17-32(36)35-26-28(23-25-37(35)41)31-24-22-27-12-11-19-34-33-18-8-10-21-38(33)42-40(31)39(27)34/h1-26H. The van der Waals surface area contributed by atoms with E-state index in [1.165, 1.54) is 49.7 Å². The lowest BCUT2D eigenvalue weighted by molar-refractivity contribution is 0.489. The lowest BCUT2D eigenvalue weighted by atomic mass is 9.67. The molecule has 196 valence electrons. The Balaban J connectivity index is 1.32. The Bertz CT molecular complexity index is 2120. The molecule has 0 fully saturated rings. The molecule has 0 atom stereocenters. The molecule has 0 saturated carbocycles. The molecule has 1 nitrogen and oxygen atoms in total. The zero-order chi connectivity index (χ0) is 27.7. The van der Waals surface area contributed by atoms with E-state index in [2.05, 4.69) is 152 Å². The molecule has 0 amide bonds. The molecule has 0 aromatic heterocycles. The van der Waals surface area contributed by atoms with Crippen molar-refractivity contribution in [3.05, 3.63) is 180 Å². The Hall–Kier alpha value is -5.40. The quantitative estimate of drug-likeness (QED) is 0.219. The molecule has 0 saturated heterocycles. The van der Waals surface area contributed by atoms with Gasteiger partial charge in [0.15, 0.2) is 0 Å². The molecule has 0 bridgehead atoms. The lowest BCUT2D eigenvalue weighted by Gasteiger charge is -2.34. The van der Waals surface area contributed by atoms with Gasteiger partial charge in [-0.1, -0.05) is 140 Å². The van der Waals surface area contributed by atoms with Crippen LogP contribution in [0.1, 0.15) is 22.3 Å². The van der Waals surface area contributed by atoms with Crippen molar-refractivity contribution in [2.45, 2.75) is 5.41 Å². The topological polar surface area (TPSA) is 9.23 Å². The third kappa shape index (κ3) is 3.08. The van der Waals surface area contributed by atoms with Gasteiger partial charge in [0.1, 0.15) is 11.5 Å². The molecular formula is C41H26O. The summed E-state index contributed by atoms with van der Waals surface area (Å²) in [6.45, 7) is 0. The second-order valence-electron chi connectivity index (χ2n) is 11.2. The van der Waals surface area contributed by atoms with Crippen molar-refractivity contribution >= 4 is 10.8 Å². The summed E-state index contributed by atoms with van der Waals surface area (Å²) in [4.78, 5) is 0. The van der Waals surface area contributed by atoms with Gasteiger partial charge in [-0.15, -0.1) is 0 Å². The van der Waals surface area contributed by atoms with Crippen LogP contribution >= 0.6 is 0 Å². The fourth-order valence-electron chi connectivity index (χ4n) is 7.41. The second-order valence-corrected chi connectivity index (χ2v) is 11.2. The number of ether oxygens (including phenoxy) is 1. The van der Waals surface area contributed by atoms with E-state index in [1.807, 2.05) is 6.07 Å². The minimum absolute atomic E-state index is 0.396. The van der Waals surface area contributed by atoms with Crippen molar-refractivity contribution in [1.29, 1.82) is 0 Å². The number of hydrogen-bond acceptors (Lipinski definition) is 1. The molecule has 1 heterocycles. The third-order valence-corrected chi connectivity index (χ3v) is 9.16. The summed E-state index contributed by atoms with van der Waals surface area (Å²) >= 11 is 0. The SMILES string of the molecule is c1ccc(C2(c3ccccc3)c3ccccc3-c3cc(-c4ccc5cccc6c5c4Oc4ccccc4-6)ccc32)cc1. The van der Waals surface area contributed by atoms with Gasteiger partial charge in [0.05, 0.1) is 5.41 Å². The van der Waals surface area contributed by atoms with Crippen LogP contribution < -0.4 is 4.74 Å². The van der Waals surface area contributed by atoms with Crippen LogP contribution in [0.4, 0.5) is 0 Å². The molecule has 0 radical (unpaired) electrons. The van der Waals surface area contributed by atoms with Gasteiger partial charge >= 0.3 is 0 Å². The molecule has 2 aliphatic rings. The van der Waals surface area contributed by atoms with Gasteiger partial charge < -0.3 is 4.74 Å². The highest BCUT2D eigenvalue weighted by Gasteiger charge is 2.46. The number of hydrogen-bond donors (Lipinski definition) is 0. The van der Waals surface area contributed by atoms with Crippen molar-refractivity contribution in [3.8, 4) is 44.9 Å². The van der Waals surface area contributed by atoms with Crippen LogP contribution in [0, 0.1) is 0 Å². The molecule has 9 rings (SSSR count). The van der Waals surface area contributed by atoms with Crippen molar-refractivity contribution in [1.82, 2.24) is 0 Å². The molecule has 0 N–H and O–H groups in total. The van der Waals surface area contributed by atoms with E-state index in [4.69, 9.17) is 4.74 Å². The van der Waals surface area contributed by atoms with Crippen molar-refractivity contribution < 1.29 is 4.74 Å². The normalized spacial score (nSPS) is 13.6. The summed E-state index contributed by atoms with van der Waals surface area (Å²) in [6, 6.07) is 57.2. The van der Waals surface area contributed by atoms with Gasteiger partial charge in [-0.3, -0.25) is 0 Å². The van der Waals surface area contributed by atoms with Crippen molar-refractivity contribution in [2.75, 3.05) is 0 Å². The van der Waals surface area contributed by atoms with Crippen molar-refractivity contribution in [2.24, 2.45) is 0 Å². The summed E-state index contributed by atoms with van der Waals surface area (Å²) < 4.78 is 6.70. The molecule has 7 aromatic carbocycles. The van der Waals surface area contributed by atoms with E-state index in [9.17, 15) is 0 Å². The Morgan fingerprint density at radius 2 is 1.05 bits per heavy atom. The molecule has 1 heteroatoms. The Labute approximate surface area is 245 Å². The van der Waals surface area contributed by atoms with Crippen LogP contribution in [0.25, 0.3) is 44.2 Å². The van der Waals surface area contributed by atoms with E-state index in [0.29, 0.717) is 0 Å². The van der Waals surface area contributed by atoms with Gasteiger partial charge in [-0.25, -0.2) is 0 Å². The van der Waals surface area contributed by atoms with Gasteiger partial charge in [0.2, 0.25) is 0 Å². The van der Waals surface area contributed by atoms with Crippen LogP contribution in [0.2, 0.25) is 0 Å². The number of fused-ring (bicyclic) bond motifs is 5. The number of rotatable bonds is 3. The second kappa shape index (κ2) is 8.80. The average Bonchev–Trinajstić information content (AvgIpc) is 3.36. The zero-order valence-corrected chi connectivity index (χ0v) is 22.9. The first kappa shape index (κ1) is 23.3. The van der Waals surface area contributed by atoms with Gasteiger partial charge in [0.25, 0.3) is 0 Å². The average molecular weight is 535 g/mol. The largest absolute Gasteiger partial charge is 0.455 e. The Kier molecular flexibility index (Phi) is 4.88. The van der Waals surface area contributed by atoms with Crippen molar-refractivity contribution in [3.63, 3.8) is 0 Å². The molecule has 1 aliphatic heterocycles. The van der Waals surface area contributed by atoms with E-state index >= 15 is 0 Å². The monoisotopic (exact) mass is 534 g/mol. The minimum Gasteiger partial charge on any atom is -0.455 e. The van der Waals surface area contributed by atoms with E-state index < -0.39 is 5.41 Å². The minimum atomic E-state index is -0.396. The lowest BCUT2D eigenvalue weighted by Crippen LogP contribution is -2.28. The summed E-state index contributed by atoms with van der Waals surface area (Å²) in [7, 11) is 0. The zero-order valence-electron chi connectivity index (χ0n) is 22.9. The van der Waals surface area contributed by atoms with E-state index in [0.717, 1.165) is 28.2 Å². The first-order chi connectivity index (χ1) is 20.8. The van der Waals surface area contributed by atoms with E-state index in [1.54, 1.807) is 0 Å².